The predicted molar refractivity (Wildman–Crippen MR) is 92.9 cm³/mol. The van der Waals surface area contributed by atoms with Gasteiger partial charge in [0.2, 0.25) is 0 Å². The molecule has 1 aliphatic rings. The van der Waals surface area contributed by atoms with Gasteiger partial charge >= 0.3 is 6.09 Å². The van der Waals surface area contributed by atoms with Crippen LogP contribution in [-0.2, 0) is 9.53 Å². The standard InChI is InChI=1S/C18H26N2O5/c1-4-16(25-15-8-6-14(23-3)7-9-15)17(21)19-10-12-20(13-11-19)18(22)24-5-2/h6-9,16H,4-5,10-13H2,1-3H3/t16-/m0/s1. The molecule has 0 aliphatic carbocycles. The van der Waals surface area contributed by atoms with E-state index >= 15 is 0 Å². The molecule has 138 valence electrons. The summed E-state index contributed by atoms with van der Waals surface area (Å²) in [6.07, 6.45) is -0.290. The lowest BCUT2D eigenvalue weighted by molar-refractivity contribution is -0.140. The summed E-state index contributed by atoms with van der Waals surface area (Å²) in [5, 5.41) is 0. The Hall–Kier alpha value is -2.44. The fourth-order valence-corrected chi connectivity index (χ4v) is 2.65. The van der Waals surface area contributed by atoms with Crippen LogP contribution in [0.2, 0.25) is 0 Å². The molecule has 0 unspecified atom stereocenters. The lowest BCUT2D eigenvalue weighted by atomic mass is 10.2. The van der Waals surface area contributed by atoms with Gasteiger partial charge in [-0.05, 0) is 37.6 Å². The number of rotatable bonds is 6. The topological polar surface area (TPSA) is 68.3 Å². The highest BCUT2D eigenvalue weighted by Crippen LogP contribution is 2.20. The number of methoxy groups -OCH3 is 1. The van der Waals surface area contributed by atoms with E-state index in [1.807, 2.05) is 6.92 Å². The van der Waals surface area contributed by atoms with Crippen molar-refractivity contribution in [2.24, 2.45) is 0 Å². The van der Waals surface area contributed by atoms with E-state index in [-0.39, 0.29) is 12.0 Å². The molecule has 1 saturated heterocycles. The number of ether oxygens (including phenoxy) is 3. The summed E-state index contributed by atoms with van der Waals surface area (Å²) in [5.74, 6) is 1.31. The van der Waals surface area contributed by atoms with E-state index in [1.165, 1.54) is 0 Å². The third kappa shape index (κ3) is 5.01. The Bertz CT molecular complexity index is 567. The Morgan fingerprint density at radius 1 is 1.00 bits per heavy atom. The van der Waals surface area contributed by atoms with E-state index < -0.39 is 6.10 Å². The van der Waals surface area contributed by atoms with Crippen molar-refractivity contribution in [3.05, 3.63) is 24.3 Å². The molecule has 1 fully saturated rings. The van der Waals surface area contributed by atoms with Crippen molar-refractivity contribution in [2.75, 3.05) is 39.9 Å². The van der Waals surface area contributed by atoms with E-state index in [0.29, 0.717) is 45.0 Å². The molecule has 7 nitrogen and oxygen atoms in total. The van der Waals surface area contributed by atoms with Crippen LogP contribution in [0.1, 0.15) is 20.3 Å². The van der Waals surface area contributed by atoms with Crippen LogP contribution in [0.15, 0.2) is 24.3 Å². The summed E-state index contributed by atoms with van der Waals surface area (Å²) < 4.78 is 15.9. The molecular weight excluding hydrogens is 324 g/mol. The molecule has 25 heavy (non-hydrogen) atoms. The van der Waals surface area contributed by atoms with Crippen LogP contribution >= 0.6 is 0 Å². The first kappa shape index (κ1) is 18.9. The molecular formula is C18H26N2O5. The van der Waals surface area contributed by atoms with Gasteiger partial charge in [0.15, 0.2) is 6.10 Å². The third-order valence-electron chi connectivity index (χ3n) is 4.10. The molecule has 1 aliphatic heterocycles. The summed E-state index contributed by atoms with van der Waals surface area (Å²) in [5.41, 5.74) is 0. The van der Waals surface area contributed by atoms with Crippen molar-refractivity contribution in [1.29, 1.82) is 0 Å². The van der Waals surface area contributed by atoms with Gasteiger partial charge < -0.3 is 24.0 Å². The summed E-state index contributed by atoms with van der Waals surface area (Å²) in [6.45, 7) is 5.97. The van der Waals surface area contributed by atoms with Gasteiger partial charge in [0, 0.05) is 26.2 Å². The minimum absolute atomic E-state index is 0.0539. The van der Waals surface area contributed by atoms with Gasteiger partial charge in [-0.2, -0.15) is 0 Å². The van der Waals surface area contributed by atoms with Crippen molar-refractivity contribution in [3.63, 3.8) is 0 Å². The molecule has 1 aromatic carbocycles. The average Bonchev–Trinajstić information content (AvgIpc) is 2.66. The van der Waals surface area contributed by atoms with Gasteiger partial charge in [-0.1, -0.05) is 6.92 Å². The molecule has 0 bridgehead atoms. The van der Waals surface area contributed by atoms with Crippen molar-refractivity contribution < 1.29 is 23.8 Å². The summed E-state index contributed by atoms with van der Waals surface area (Å²) in [6, 6.07) is 7.16. The predicted octanol–water partition coefficient (Wildman–Crippen LogP) is 2.15. The van der Waals surface area contributed by atoms with Gasteiger partial charge in [-0.3, -0.25) is 4.79 Å². The Labute approximate surface area is 148 Å². The highest BCUT2D eigenvalue weighted by Gasteiger charge is 2.29. The van der Waals surface area contributed by atoms with Gasteiger partial charge in [-0.15, -0.1) is 0 Å². The van der Waals surface area contributed by atoms with Gasteiger partial charge in [-0.25, -0.2) is 4.79 Å². The molecule has 0 saturated carbocycles. The van der Waals surface area contributed by atoms with Gasteiger partial charge in [0.25, 0.3) is 5.91 Å². The Balaban J connectivity index is 1.90. The minimum Gasteiger partial charge on any atom is -0.497 e. The molecule has 0 spiro atoms. The van der Waals surface area contributed by atoms with Crippen LogP contribution in [-0.4, -0.2) is 67.8 Å². The Morgan fingerprint density at radius 2 is 1.56 bits per heavy atom. The number of hydrogen-bond acceptors (Lipinski definition) is 5. The molecule has 0 aromatic heterocycles. The highest BCUT2D eigenvalue weighted by molar-refractivity contribution is 5.81. The quantitative estimate of drug-likeness (QED) is 0.786. The van der Waals surface area contributed by atoms with Crippen LogP contribution in [0.25, 0.3) is 0 Å². The number of nitrogens with zero attached hydrogens (tertiary/aromatic N) is 2. The first-order valence-electron chi connectivity index (χ1n) is 8.60. The maximum Gasteiger partial charge on any atom is 0.409 e. The van der Waals surface area contributed by atoms with E-state index in [2.05, 4.69) is 0 Å². The molecule has 2 amide bonds. The molecule has 1 atom stereocenters. The molecule has 0 radical (unpaired) electrons. The average molecular weight is 350 g/mol. The molecule has 1 heterocycles. The SMILES string of the molecule is CCOC(=O)N1CCN(C(=O)[C@H](CC)Oc2ccc(OC)cc2)CC1. The fourth-order valence-electron chi connectivity index (χ4n) is 2.65. The number of carbonyl (C=O) groups excluding carboxylic acids is 2. The molecule has 2 rings (SSSR count). The van der Waals surface area contributed by atoms with Crippen LogP contribution in [0.4, 0.5) is 4.79 Å². The Morgan fingerprint density at radius 3 is 2.08 bits per heavy atom. The molecule has 7 heteroatoms. The number of amides is 2. The van der Waals surface area contributed by atoms with Crippen LogP contribution < -0.4 is 9.47 Å². The number of carbonyl (C=O) groups is 2. The van der Waals surface area contributed by atoms with Crippen molar-refractivity contribution in [3.8, 4) is 11.5 Å². The van der Waals surface area contributed by atoms with E-state index in [1.54, 1.807) is 48.1 Å². The summed E-state index contributed by atoms with van der Waals surface area (Å²) >= 11 is 0. The second-order valence-electron chi connectivity index (χ2n) is 5.70. The van der Waals surface area contributed by atoms with Crippen LogP contribution in [0, 0.1) is 0 Å². The number of piperazine rings is 1. The fraction of sp³-hybridized carbons (Fsp3) is 0.556. The van der Waals surface area contributed by atoms with Crippen LogP contribution in [0.3, 0.4) is 0 Å². The summed E-state index contributed by atoms with van der Waals surface area (Å²) in [7, 11) is 1.60. The van der Waals surface area contributed by atoms with E-state index in [0.717, 1.165) is 5.75 Å². The molecule has 1 aromatic rings. The normalized spacial score (nSPS) is 15.5. The second-order valence-corrected chi connectivity index (χ2v) is 5.70. The lowest BCUT2D eigenvalue weighted by Crippen LogP contribution is -2.53. The van der Waals surface area contributed by atoms with E-state index in [4.69, 9.17) is 14.2 Å². The first-order valence-corrected chi connectivity index (χ1v) is 8.60. The second kappa shape index (κ2) is 9.15. The van der Waals surface area contributed by atoms with Gasteiger partial charge in [0.1, 0.15) is 11.5 Å². The Kier molecular flexibility index (Phi) is 6.91. The largest absolute Gasteiger partial charge is 0.497 e. The first-order chi connectivity index (χ1) is 12.1. The number of hydrogen-bond donors (Lipinski definition) is 0. The van der Waals surface area contributed by atoms with Crippen molar-refractivity contribution in [2.45, 2.75) is 26.4 Å². The minimum atomic E-state index is -0.539. The van der Waals surface area contributed by atoms with Gasteiger partial charge in [0.05, 0.1) is 13.7 Å². The lowest BCUT2D eigenvalue weighted by Gasteiger charge is -2.35. The monoisotopic (exact) mass is 350 g/mol. The summed E-state index contributed by atoms with van der Waals surface area (Å²) in [4.78, 5) is 27.8. The zero-order valence-electron chi connectivity index (χ0n) is 15.1. The zero-order chi connectivity index (χ0) is 18.2. The maximum absolute atomic E-state index is 12.7. The van der Waals surface area contributed by atoms with Crippen molar-refractivity contribution in [1.82, 2.24) is 9.80 Å². The molecule has 0 N–H and O–H groups in total. The zero-order valence-corrected chi connectivity index (χ0v) is 15.1. The smallest absolute Gasteiger partial charge is 0.409 e. The maximum atomic E-state index is 12.7. The highest BCUT2D eigenvalue weighted by atomic mass is 16.6. The van der Waals surface area contributed by atoms with Crippen LogP contribution in [0.5, 0.6) is 11.5 Å². The number of benzene rings is 1. The van der Waals surface area contributed by atoms with E-state index in [9.17, 15) is 9.59 Å². The third-order valence-corrected chi connectivity index (χ3v) is 4.10. The van der Waals surface area contributed by atoms with Crippen molar-refractivity contribution >= 4 is 12.0 Å².